The lowest BCUT2D eigenvalue weighted by Crippen LogP contribution is -2.36. The third kappa shape index (κ3) is 5.82. The predicted octanol–water partition coefficient (Wildman–Crippen LogP) is 18.5. The van der Waals surface area contributed by atoms with Crippen LogP contribution in [0.4, 0.5) is 34.1 Å². The number of fused-ring (bicyclic) bond motifs is 14. The van der Waals surface area contributed by atoms with E-state index in [2.05, 4.69) is 301 Å². The molecule has 1 spiro atoms. The molecule has 1 aliphatic heterocycles. The van der Waals surface area contributed by atoms with Gasteiger partial charge in [-0.2, -0.15) is 0 Å². The summed E-state index contributed by atoms with van der Waals surface area (Å²) in [6.45, 7) is 0. The number of para-hydroxylation sites is 3. The van der Waals surface area contributed by atoms with Crippen LogP contribution >= 0.6 is 0 Å². The Bertz CT molecular complexity index is 4060. The molecular weight excluding hydrogens is 893 g/mol. The number of benzene rings is 12. The quantitative estimate of drug-likeness (QED) is 0.157. The van der Waals surface area contributed by atoms with Gasteiger partial charge in [0.1, 0.15) is 0 Å². The summed E-state index contributed by atoms with van der Waals surface area (Å²) in [5, 5.41) is 2.42. The first-order chi connectivity index (χ1) is 36.8. The minimum Gasteiger partial charge on any atom is -0.310 e. The predicted molar refractivity (Wildman–Crippen MR) is 307 cm³/mol. The summed E-state index contributed by atoms with van der Waals surface area (Å²) in [4.78, 5) is 5.06. The zero-order chi connectivity index (χ0) is 48.8. The Hall–Kier alpha value is -9.50. The molecule has 12 aromatic rings. The maximum Gasteiger partial charge on any atom is 0.0755 e. The fourth-order valence-electron chi connectivity index (χ4n) is 13.5. The van der Waals surface area contributed by atoms with Crippen molar-refractivity contribution in [3.05, 3.63) is 336 Å². The van der Waals surface area contributed by atoms with Crippen LogP contribution in [0.3, 0.4) is 0 Å². The van der Waals surface area contributed by atoms with Crippen LogP contribution in [0.25, 0.3) is 44.2 Å². The van der Waals surface area contributed by atoms with E-state index in [-0.39, 0.29) is 0 Å². The molecule has 74 heavy (non-hydrogen) atoms. The number of rotatable bonds is 7. The normalized spacial score (nSPS) is 13.9. The summed E-state index contributed by atoms with van der Waals surface area (Å²) in [6, 6.07) is 109. The third-order valence-corrected chi connectivity index (χ3v) is 16.3. The van der Waals surface area contributed by atoms with Crippen molar-refractivity contribution in [1.29, 1.82) is 0 Å². The summed E-state index contributed by atoms with van der Waals surface area (Å²) >= 11 is 0. The molecule has 0 aromatic heterocycles. The Morgan fingerprint density at radius 2 is 0.757 bits per heavy atom. The highest BCUT2D eigenvalue weighted by Crippen LogP contribution is 2.66. The van der Waals surface area contributed by atoms with Crippen LogP contribution in [0, 0.1) is 0 Å². The topological polar surface area (TPSA) is 6.48 Å². The van der Waals surface area contributed by atoms with Crippen LogP contribution in [0.15, 0.2) is 291 Å². The standard InChI is InChI=1S/C72H48N2/c1-5-25-49(26-6-1)50-27-23-34-54(47-50)74(68-48-64-69(56-36-14-13-35-55(56)68)57-37-15-17-39-59(57)71(64,51-28-7-2-8-29-51)52-30-9-3-10-31-52)67-46-24-43-63-70(67)58-38-16-18-40-60(58)72(63)61-41-19-21-44-65(61)73(53-32-11-4-12-33-53)66-45-22-20-42-62(66)72/h1-48H. The number of nitrogens with zero attached hydrogens (tertiary/aromatic N) is 2. The van der Waals surface area contributed by atoms with Crippen molar-refractivity contribution in [3.8, 4) is 33.4 Å². The van der Waals surface area contributed by atoms with Crippen LogP contribution < -0.4 is 9.80 Å². The molecule has 3 aliphatic rings. The highest BCUT2D eigenvalue weighted by atomic mass is 15.2. The summed E-state index contributed by atoms with van der Waals surface area (Å²) in [6.07, 6.45) is 0. The van der Waals surface area contributed by atoms with E-state index in [1.165, 1.54) is 94.5 Å². The molecule has 15 rings (SSSR count). The molecule has 346 valence electrons. The Kier molecular flexibility index (Phi) is 9.43. The highest BCUT2D eigenvalue weighted by molar-refractivity contribution is 6.12. The molecule has 0 bridgehead atoms. The van der Waals surface area contributed by atoms with Crippen LogP contribution in [0.1, 0.15) is 44.5 Å². The van der Waals surface area contributed by atoms with Gasteiger partial charge in [-0.05, 0) is 126 Å². The lowest BCUT2D eigenvalue weighted by atomic mass is 9.64. The van der Waals surface area contributed by atoms with Crippen molar-refractivity contribution in [2.24, 2.45) is 0 Å². The van der Waals surface area contributed by atoms with E-state index < -0.39 is 10.8 Å². The van der Waals surface area contributed by atoms with Gasteiger partial charge in [0.25, 0.3) is 0 Å². The fourth-order valence-corrected chi connectivity index (χ4v) is 13.5. The Morgan fingerprint density at radius 1 is 0.284 bits per heavy atom. The van der Waals surface area contributed by atoms with Crippen molar-refractivity contribution < 1.29 is 0 Å². The van der Waals surface area contributed by atoms with Gasteiger partial charge in [-0.15, -0.1) is 0 Å². The van der Waals surface area contributed by atoms with Crippen LogP contribution in [-0.4, -0.2) is 0 Å². The van der Waals surface area contributed by atoms with Gasteiger partial charge in [-0.1, -0.05) is 243 Å². The van der Waals surface area contributed by atoms with Crippen molar-refractivity contribution in [2.75, 3.05) is 9.80 Å². The SMILES string of the molecule is c1ccc(-c2cccc(N(c3cccc4c3-c3ccccc3C43c4ccccc4N(c4ccccc4)c4ccccc43)c3cc4c(c5ccccc35)-c3ccccc3C4(c3ccccc3)c3ccccc3)c2)cc1. The Labute approximate surface area is 432 Å². The van der Waals surface area contributed by atoms with E-state index in [9.17, 15) is 0 Å². The van der Waals surface area contributed by atoms with E-state index in [1.807, 2.05) is 0 Å². The first-order valence-corrected chi connectivity index (χ1v) is 25.8. The van der Waals surface area contributed by atoms with E-state index in [4.69, 9.17) is 0 Å². The van der Waals surface area contributed by atoms with Crippen molar-refractivity contribution in [1.82, 2.24) is 0 Å². The second-order valence-corrected chi connectivity index (χ2v) is 19.8. The number of hydrogen-bond donors (Lipinski definition) is 0. The maximum atomic E-state index is 2.60. The Balaban J connectivity index is 1.07. The van der Waals surface area contributed by atoms with Gasteiger partial charge in [0.2, 0.25) is 0 Å². The summed E-state index contributed by atoms with van der Waals surface area (Å²) in [7, 11) is 0. The highest BCUT2D eigenvalue weighted by Gasteiger charge is 2.53. The van der Waals surface area contributed by atoms with Gasteiger partial charge in [0, 0.05) is 22.3 Å². The van der Waals surface area contributed by atoms with E-state index in [1.54, 1.807) is 0 Å². The van der Waals surface area contributed by atoms with Crippen LogP contribution in [0.2, 0.25) is 0 Å². The summed E-state index contributed by atoms with van der Waals surface area (Å²) in [5.41, 5.74) is 23.1. The van der Waals surface area contributed by atoms with Gasteiger partial charge in [-0.3, -0.25) is 0 Å². The fraction of sp³-hybridized carbons (Fsp3) is 0.0278. The monoisotopic (exact) mass is 940 g/mol. The van der Waals surface area contributed by atoms with Gasteiger partial charge >= 0.3 is 0 Å². The van der Waals surface area contributed by atoms with Crippen molar-refractivity contribution in [3.63, 3.8) is 0 Å². The zero-order valence-corrected chi connectivity index (χ0v) is 40.6. The van der Waals surface area contributed by atoms with Crippen molar-refractivity contribution >= 4 is 44.9 Å². The second kappa shape index (κ2) is 16.5. The van der Waals surface area contributed by atoms with Crippen molar-refractivity contribution in [2.45, 2.75) is 10.8 Å². The molecule has 0 N–H and O–H groups in total. The molecule has 12 aromatic carbocycles. The van der Waals surface area contributed by atoms with Crippen LogP contribution in [0.5, 0.6) is 0 Å². The maximum absolute atomic E-state index is 2.60. The second-order valence-electron chi connectivity index (χ2n) is 19.8. The van der Waals surface area contributed by atoms with E-state index in [0.717, 1.165) is 28.3 Å². The molecule has 0 atom stereocenters. The average Bonchev–Trinajstić information content (AvgIpc) is 3.96. The molecule has 2 nitrogen and oxygen atoms in total. The lowest BCUT2D eigenvalue weighted by Gasteiger charge is -2.45. The molecular formula is C72H48N2. The third-order valence-electron chi connectivity index (χ3n) is 16.3. The molecule has 0 amide bonds. The van der Waals surface area contributed by atoms with Crippen LogP contribution in [-0.2, 0) is 10.8 Å². The van der Waals surface area contributed by atoms with E-state index >= 15 is 0 Å². The molecule has 0 fully saturated rings. The Morgan fingerprint density at radius 3 is 1.41 bits per heavy atom. The minimum absolute atomic E-state index is 0.611. The molecule has 2 heteroatoms. The molecule has 1 heterocycles. The number of anilines is 6. The molecule has 0 unspecified atom stereocenters. The molecule has 0 saturated heterocycles. The summed E-state index contributed by atoms with van der Waals surface area (Å²) in [5.74, 6) is 0. The molecule has 2 aliphatic carbocycles. The first-order valence-electron chi connectivity index (χ1n) is 25.8. The zero-order valence-electron chi connectivity index (χ0n) is 40.6. The van der Waals surface area contributed by atoms with Gasteiger partial charge < -0.3 is 9.80 Å². The van der Waals surface area contributed by atoms with Gasteiger partial charge in [-0.25, -0.2) is 0 Å². The largest absolute Gasteiger partial charge is 0.310 e. The smallest absolute Gasteiger partial charge is 0.0755 e. The lowest BCUT2D eigenvalue weighted by molar-refractivity contribution is 0.752. The first kappa shape index (κ1) is 42.2. The van der Waals surface area contributed by atoms with Gasteiger partial charge in [0.15, 0.2) is 0 Å². The number of hydrogen-bond acceptors (Lipinski definition) is 2. The summed E-state index contributed by atoms with van der Waals surface area (Å²) < 4.78 is 0. The molecule has 0 saturated carbocycles. The minimum atomic E-state index is -0.630. The van der Waals surface area contributed by atoms with Gasteiger partial charge in [0.05, 0.1) is 33.6 Å². The van der Waals surface area contributed by atoms with E-state index in [0.29, 0.717) is 0 Å². The average molecular weight is 941 g/mol. The molecule has 0 radical (unpaired) electrons.